The van der Waals surface area contributed by atoms with Crippen molar-refractivity contribution in [3.8, 4) is 0 Å². The molecule has 13 heavy (non-hydrogen) atoms. The van der Waals surface area contributed by atoms with Crippen molar-refractivity contribution in [2.45, 2.75) is 19.6 Å². The highest BCUT2D eigenvalue weighted by molar-refractivity contribution is 5.81. The Hall–Kier alpha value is -0.610. The van der Waals surface area contributed by atoms with Crippen LogP contribution in [0.2, 0.25) is 0 Å². The van der Waals surface area contributed by atoms with E-state index in [2.05, 4.69) is 12.2 Å². The van der Waals surface area contributed by atoms with Gasteiger partial charge in [0.15, 0.2) is 6.29 Å². The molecule has 1 amide bonds. The molecule has 1 aliphatic carbocycles. The van der Waals surface area contributed by atoms with Gasteiger partial charge in [-0.3, -0.25) is 4.79 Å². The summed E-state index contributed by atoms with van der Waals surface area (Å²) in [5.41, 5.74) is 0. The molecule has 0 aromatic heterocycles. The van der Waals surface area contributed by atoms with Gasteiger partial charge in [0, 0.05) is 20.1 Å². The largest absolute Gasteiger partial charge is 0.354 e. The van der Waals surface area contributed by atoms with Crippen LogP contribution in [-0.2, 0) is 14.3 Å². The number of rotatable bonds is 5. The molecule has 4 heteroatoms. The molecule has 2 atom stereocenters. The summed E-state index contributed by atoms with van der Waals surface area (Å²) < 4.78 is 9.88. The third kappa shape index (κ3) is 2.97. The van der Waals surface area contributed by atoms with Crippen LogP contribution >= 0.6 is 0 Å². The Labute approximate surface area is 78.6 Å². The van der Waals surface area contributed by atoms with E-state index >= 15 is 0 Å². The van der Waals surface area contributed by atoms with Crippen molar-refractivity contribution in [1.82, 2.24) is 5.32 Å². The first-order valence-electron chi connectivity index (χ1n) is 4.52. The SMILES string of the molecule is COC(CNC(=O)C1CC1C)OC. The second-order valence-corrected chi connectivity index (χ2v) is 3.47. The molecule has 76 valence electrons. The van der Waals surface area contributed by atoms with Gasteiger partial charge < -0.3 is 14.8 Å². The number of nitrogens with one attached hydrogen (secondary N) is 1. The van der Waals surface area contributed by atoms with Crippen LogP contribution < -0.4 is 5.32 Å². The van der Waals surface area contributed by atoms with Gasteiger partial charge >= 0.3 is 0 Å². The second-order valence-electron chi connectivity index (χ2n) is 3.47. The molecule has 0 aliphatic heterocycles. The molecule has 0 saturated heterocycles. The van der Waals surface area contributed by atoms with Crippen molar-refractivity contribution in [3.05, 3.63) is 0 Å². The maximum Gasteiger partial charge on any atom is 0.223 e. The maximum atomic E-state index is 11.3. The Morgan fingerprint density at radius 2 is 2.08 bits per heavy atom. The summed E-state index contributed by atoms with van der Waals surface area (Å²) in [6, 6.07) is 0. The van der Waals surface area contributed by atoms with E-state index in [4.69, 9.17) is 9.47 Å². The first-order valence-corrected chi connectivity index (χ1v) is 4.52. The lowest BCUT2D eigenvalue weighted by atomic mass is 10.3. The third-order valence-electron chi connectivity index (χ3n) is 2.41. The average Bonchev–Trinajstić information content (AvgIpc) is 2.84. The molecule has 0 spiro atoms. The smallest absolute Gasteiger partial charge is 0.223 e. The van der Waals surface area contributed by atoms with E-state index in [1.807, 2.05) is 0 Å². The zero-order valence-electron chi connectivity index (χ0n) is 8.37. The van der Waals surface area contributed by atoms with Gasteiger partial charge in [-0.25, -0.2) is 0 Å². The molecular weight excluding hydrogens is 170 g/mol. The Balaban J connectivity index is 2.14. The monoisotopic (exact) mass is 187 g/mol. The minimum Gasteiger partial charge on any atom is -0.354 e. The van der Waals surface area contributed by atoms with Crippen LogP contribution in [0.1, 0.15) is 13.3 Å². The molecule has 2 unspecified atom stereocenters. The Kier molecular flexibility index (Phi) is 3.69. The normalized spacial score (nSPS) is 26.2. The fourth-order valence-corrected chi connectivity index (χ4v) is 1.27. The van der Waals surface area contributed by atoms with E-state index < -0.39 is 0 Å². The lowest BCUT2D eigenvalue weighted by Gasteiger charge is -2.13. The minimum atomic E-state index is -0.335. The number of carbonyl (C=O) groups excluding carboxylic acids is 1. The molecule has 1 fully saturated rings. The van der Waals surface area contributed by atoms with Gasteiger partial charge in [-0.1, -0.05) is 6.92 Å². The summed E-state index contributed by atoms with van der Waals surface area (Å²) in [6.45, 7) is 2.50. The van der Waals surface area contributed by atoms with E-state index in [0.717, 1.165) is 6.42 Å². The highest BCUT2D eigenvalue weighted by Gasteiger charge is 2.38. The van der Waals surface area contributed by atoms with Crippen LogP contribution in [0.5, 0.6) is 0 Å². The summed E-state index contributed by atoms with van der Waals surface area (Å²) in [4.78, 5) is 11.3. The first-order chi connectivity index (χ1) is 6.19. The molecule has 0 bridgehead atoms. The Bertz CT molecular complexity index is 180. The van der Waals surface area contributed by atoms with E-state index in [9.17, 15) is 4.79 Å². The summed E-state index contributed by atoms with van der Waals surface area (Å²) >= 11 is 0. The van der Waals surface area contributed by atoms with Gasteiger partial charge in [0.1, 0.15) is 0 Å². The number of hydrogen-bond donors (Lipinski definition) is 1. The highest BCUT2D eigenvalue weighted by atomic mass is 16.7. The van der Waals surface area contributed by atoms with Crippen molar-refractivity contribution in [2.75, 3.05) is 20.8 Å². The predicted molar refractivity (Wildman–Crippen MR) is 48.1 cm³/mol. The predicted octanol–water partition coefficient (Wildman–Crippen LogP) is 0.377. The van der Waals surface area contributed by atoms with Crippen molar-refractivity contribution in [1.29, 1.82) is 0 Å². The van der Waals surface area contributed by atoms with Crippen LogP contribution in [0.15, 0.2) is 0 Å². The van der Waals surface area contributed by atoms with Crippen LogP contribution in [0.3, 0.4) is 0 Å². The van der Waals surface area contributed by atoms with Gasteiger partial charge in [0.2, 0.25) is 5.91 Å². The molecule has 0 heterocycles. The fourth-order valence-electron chi connectivity index (χ4n) is 1.27. The maximum absolute atomic E-state index is 11.3. The topological polar surface area (TPSA) is 47.6 Å². The molecule has 4 nitrogen and oxygen atoms in total. The summed E-state index contributed by atoms with van der Waals surface area (Å²) in [7, 11) is 3.11. The molecule has 0 radical (unpaired) electrons. The summed E-state index contributed by atoms with van der Waals surface area (Å²) in [6.07, 6.45) is 0.675. The van der Waals surface area contributed by atoms with Crippen LogP contribution in [0.25, 0.3) is 0 Å². The molecule has 0 aromatic rings. The van der Waals surface area contributed by atoms with Crippen LogP contribution in [0, 0.1) is 11.8 Å². The van der Waals surface area contributed by atoms with Crippen molar-refractivity contribution < 1.29 is 14.3 Å². The van der Waals surface area contributed by atoms with Crippen molar-refractivity contribution in [2.24, 2.45) is 11.8 Å². The molecule has 1 saturated carbocycles. The Morgan fingerprint density at radius 1 is 1.54 bits per heavy atom. The average molecular weight is 187 g/mol. The summed E-state index contributed by atoms with van der Waals surface area (Å²) in [5.74, 6) is 0.879. The minimum absolute atomic E-state index is 0.117. The fraction of sp³-hybridized carbons (Fsp3) is 0.889. The Morgan fingerprint density at radius 3 is 2.46 bits per heavy atom. The number of hydrogen-bond acceptors (Lipinski definition) is 3. The van der Waals surface area contributed by atoms with E-state index in [1.165, 1.54) is 0 Å². The molecule has 1 rings (SSSR count). The van der Waals surface area contributed by atoms with Crippen LogP contribution in [-0.4, -0.2) is 33.0 Å². The molecule has 1 N–H and O–H groups in total. The molecule has 1 aliphatic rings. The first kappa shape index (κ1) is 10.5. The lowest BCUT2D eigenvalue weighted by Crippen LogP contribution is -2.35. The number of ether oxygens (including phenoxy) is 2. The highest BCUT2D eigenvalue weighted by Crippen LogP contribution is 2.37. The van der Waals surface area contributed by atoms with Gasteiger partial charge in [-0.15, -0.1) is 0 Å². The lowest BCUT2D eigenvalue weighted by molar-refractivity contribution is -0.128. The number of carbonyl (C=O) groups is 1. The third-order valence-corrected chi connectivity index (χ3v) is 2.41. The van der Waals surface area contributed by atoms with Gasteiger partial charge in [0.25, 0.3) is 0 Å². The molecular formula is C9H17NO3. The standard InChI is InChI=1S/C9H17NO3/c1-6-4-7(6)9(11)10-5-8(12-2)13-3/h6-8H,4-5H2,1-3H3,(H,10,11). The number of methoxy groups -OCH3 is 2. The van der Waals surface area contributed by atoms with Crippen molar-refractivity contribution >= 4 is 5.91 Å². The van der Waals surface area contributed by atoms with Crippen LogP contribution in [0.4, 0.5) is 0 Å². The zero-order valence-corrected chi connectivity index (χ0v) is 8.37. The quantitative estimate of drug-likeness (QED) is 0.633. The van der Waals surface area contributed by atoms with Crippen molar-refractivity contribution in [3.63, 3.8) is 0 Å². The van der Waals surface area contributed by atoms with E-state index in [1.54, 1.807) is 14.2 Å². The number of amides is 1. The van der Waals surface area contributed by atoms with E-state index in [-0.39, 0.29) is 18.1 Å². The second kappa shape index (κ2) is 4.58. The van der Waals surface area contributed by atoms with Gasteiger partial charge in [-0.2, -0.15) is 0 Å². The van der Waals surface area contributed by atoms with Gasteiger partial charge in [-0.05, 0) is 12.3 Å². The zero-order chi connectivity index (χ0) is 9.84. The molecule has 0 aromatic carbocycles. The van der Waals surface area contributed by atoms with E-state index in [0.29, 0.717) is 12.5 Å². The van der Waals surface area contributed by atoms with Gasteiger partial charge in [0.05, 0.1) is 6.54 Å². The summed E-state index contributed by atoms with van der Waals surface area (Å²) in [5, 5.41) is 2.79.